The van der Waals surface area contributed by atoms with Crippen LogP contribution in [0, 0.1) is 0 Å². The Morgan fingerprint density at radius 3 is 1.85 bits per heavy atom. The maximum absolute atomic E-state index is 12.6. The fraction of sp³-hybridized carbons (Fsp3) is 0.903. The summed E-state index contributed by atoms with van der Waals surface area (Å²) >= 11 is 0. The first kappa shape index (κ1) is 39.2. The smallest absolute Gasteiger partial charge is 0.387 e. The summed E-state index contributed by atoms with van der Waals surface area (Å²) < 4.78 is 23.2. The molecule has 0 saturated heterocycles. The van der Waals surface area contributed by atoms with Crippen molar-refractivity contribution in [3.63, 3.8) is 0 Å². The van der Waals surface area contributed by atoms with Gasteiger partial charge < -0.3 is 19.8 Å². The Morgan fingerprint density at radius 2 is 1.32 bits per heavy atom. The van der Waals surface area contributed by atoms with Crippen molar-refractivity contribution in [1.82, 2.24) is 5.32 Å². The minimum Gasteiger partial charge on any atom is -0.387 e. The van der Waals surface area contributed by atoms with Gasteiger partial charge in [0.15, 0.2) is 0 Å². The number of likely N-dealkylation sites (N-methyl/N-ethyl adjacent to an activating group) is 1. The maximum Gasteiger partial charge on any atom is 0.472 e. The van der Waals surface area contributed by atoms with E-state index in [-0.39, 0.29) is 19.1 Å². The van der Waals surface area contributed by atoms with E-state index in [1.165, 1.54) is 70.6 Å². The second-order valence-electron chi connectivity index (χ2n) is 12.2. The van der Waals surface area contributed by atoms with E-state index in [4.69, 9.17) is 9.05 Å². The molecule has 0 aromatic rings. The summed E-state index contributed by atoms with van der Waals surface area (Å²) in [5.41, 5.74) is 0. The Kier molecular flexibility index (Phi) is 24.3. The summed E-state index contributed by atoms with van der Waals surface area (Å²) in [6, 6.07) is -0.834. The monoisotopic (exact) mass is 591 g/mol. The second-order valence-corrected chi connectivity index (χ2v) is 13.6. The van der Waals surface area contributed by atoms with Crippen LogP contribution < -0.4 is 5.32 Å². The number of phosphoric ester groups is 1. The lowest BCUT2D eigenvalue weighted by Crippen LogP contribution is -2.45. The molecule has 0 aliphatic rings. The van der Waals surface area contributed by atoms with Crippen molar-refractivity contribution in [2.24, 2.45) is 0 Å². The highest BCUT2D eigenvalue weighted by Gasteiger charge is 2.27. The number of amides is 1. The first-order valence-electron chi connectivity index (χ1n) is 16.1. The quantitative estimate of drug-likeness (QED) is 0.0382. The lowest BCUT2D eigenvalue weighted by Gasteiger charge is -2.25. The molecule has 0 aliphatic heterocycles. The first-order chi connectivity index (χ1) is 19.0. The number of phosphoric acid groups is 1. The Hall–Kier alpha value is -0.760. The number of allylic oxidation sites excluding steroid dienone is 1. The number of hydrogen-bond acceptors (Lipinski definition) is 5. The number of hydrogen-bond donors (Lipinski definition) is 3. The molecule has 0 heterocycles. The molecule has 0 radical (unpaired) electrons. The molecule has 0 aromatic heterocycles. The van der Waals surface area contributed by atoms with Gasteiger partial charge in [-0.1, -0.05) is 116 Å². The number of nitrogens with zero attached hydrogens (tertiary/aromatic N) is 1. The van der Waals surface area contributed by atoms with Gasteiger partial charge in [-0.05, 0) is 19.3 Å². The number of carbonyl (C=O) groups is 1. The van der Waals surface area contributed by atoms with Gasteiger partial charge in [-0.25, -0.2) is 4.57 Å². The van der Waals surface area contributed by atoms with Gasteiger partial charge in [-0.15, -0.1) is 0 Å². The number of nitrogens with one attached hydrogen (secondary N) is 1. The third kappa shape index (κ3) is 26.2. The molecule has 8 nitrogen and oxygen atoms in total. The van der Waals surface area contributed by atoms with E-state index < -0.39 is 20.0 Å². The molecule has 3 atom stereocenters. The van der Waals surface area contributed by atoms with Crippen molar-refractivity contribution < 1.29 is 32.9 Å². The molecule has 3 N–H and O–H groups in total. The van der Waals surface area contributed by atoms with E-state index >= 15 is 0 Å². The van der Waals surface area contributed by atoms with Crippen LogP contribution in [0.3, 0.4) is 0 Å². The maximum atomic E-state index is 12.6. The van der Waals surface area contributed by atoms with Crippen LogP contribution in [0.5, 0.6) is 0 Å². The summed E-state index contributed by atoms with van der Waals surface area (Å²) in [6.45, 7) is 4.71. The number of aliphatic hydroxyl groups excluding tert-OH is 1. The van der Waals surface area contributed by atoms with Crippen LogP contribution in [-0.4, -0.2) is 73.4 Å². The largest absolute Gasteiger partial charge is 0.472 e. The van der Waals surface area contributed by atoms with Crippen LogP contribution in [0.15, 0.2) is 12.2 Å². The molecule has 1 amide bonds. The van der Waals surface area contributed by atoms with Crippen LogP contribution >= 0.6 is 7.82 Å². The number of carbonyl (C=O) groups excluding carboxylic acids is 1. The van der Waals surface area contributed by atoms with E-state index in [9.17, 15) is 19.4 Å². The van der Waals surface area contributed by atoms with Crippen molar-refractivity contribution in [2.75, 3.05) is 40.9 Å². The summed E-state index contributed by atoms with van der Waals surface area (Å²) in [5.74, 6) is -0.185. The molecule has 9 heteroatoms. The minimum absolute atomic E-state index is 0.0631. The molecule has 1 unspecified atom stereocenters. The van der Waals surface area contributed by atoms with E-state index in [2.05, 4.69) is 19.2 Å². The van der Waals surface area contributed by atoms with Crippen LogP contribution in [0.4, 0.5) is 0 Å². The fourth-order valence-corrected chi connectivity index (χ4v) is 5.07. The fourth-order valence-electron chi connectivity index (χ4n) is 4.33. The molecule has 0 aliphatic carbocycles. The summed E-state index contributed by atoms with van der Waals surface area (Å²) in [7, 11) is 1.57. The predicted molar refractivity (Wildman–Crippen MR) is 166 cm³/mol. The number of rotatable bonds is 28. The van der Waals surface area contributed by atoms with Gasteiger partial charge in [-0.2, -0.15) is 0 Å². The van der Waals surface area contributed by atoms with Crippen LogP contribution in [0.1, 0.15) is 129 Å². The average molecular weight is 592 g/mol. The van der Waals surface area contributed by atoms with Gasteiger partial charge in [0.2, 0.25) is 5.91 Å². The summed E-state index contributed by atoms with van der Waals surface area (Å²) in [5, 5.41) is 13.6. The van der Waals surface area contributed by atoms with Crippen LogP contribution in [0.2, 0.25) is 0 Å². The molecular weight excluding hydrogens is 527 g/mol. The van der Waals surface area contributed by atoms with Gasteiger partial charge in [0.25, 0.3) is 0 Å². The van der Waals surface area contributed by atoms with Crippen molar-refractivity contribution in [2.45, 2.75) is 142 Å². The van der Waals surface area contributed by atoms with Gasteiger partial charge in [0.05, 0.1) is 39.9 Å². The second kappa shape index (κ2) is 24.8. The molecule has 40 heavy (non-hydrogen) atoms. The number of quaternary nitrogens is 1. The van der Waals surface area contributed by atoms with Crippen molar-refractivity contribution in [1.29, 1.82) is 0 Å². The van der Waals surface area contributed by atoms with Gasteiger partial charge in [0, 0.05) is 6.42 Å². The zero-order valence-electron chi connectivity index (χ0n) is 26.6. The molecule has 0 aromatic carbocycles. The zero-order valence-corrected chi connectivity index (χ0v) is 27.5. The number of aliphatic hydroxyl groups is 1. The molecule has 0 fully saturated rings. The van der Waals surface area contributed by atoms with Crippen molar-refractivity contribution >= 4 is 13.7 Å². The Balaban J connectivity index is 4.59. The van der Waals surface area contributed by atoms with Crippen LogP contribution in [-0.2, 0) is 18.4 Å². The molecule has 238 valence electrons. The minimum atomic E-state index is -4.31. The van der Waals surface area contributed by atoms with Gasteiger partial charge in [0.1, 0.15) is 13.2 Å². The highest BCUT2D eigenvalue weighted by molar-refractivity contribution is 7.47. The van der Waals surface area contributed by atoms with Gasteiger partial charge in [-0.3, -0.25) is 13.8 Å². The van der Waals surface area contributed by atoms with E-state index in [1.54, 1.807) is 6.08 Å². The number of unbranched alkanes of at least 4 members (excludes halogenated alkanes) is 15. The Morgan fingerprint density at radius 1 is 0.825 bits per heavy atom. The normalized spacial score (nSPS) is 15.3. The van der Waals surface area contributed by atoms with Crippen molar-refractivity contribution in [3.8, 4) is 0 Å². The molecule has 0 saturated carbocycles. The summed E-state index contributed by atoms with van der Waals surface area (Å²) in [4.78, 5) is 22.7. The van der Waals surface area contributed by atoms with Crippen LogP contribution in [0.25, 0.3) is 0 Å². The third-order valence-electron chi connectivity index (χ3n) is 7.01. The van der Waals surface area contributed by atoms with E-state index in [1.807, 2.05) is 27.2 Å². The Labute approximate surface area is 246 Å². The molecule has 0 rings (SSSR count). The van der Waals surface area contributed by atoms with E-state index in [0.29, 0.717) is 17.4 Å². The highest BCUT2D eigenvalue weighted by atomic mass is 31.2. The molecule has 0 spiro atoms. The molecular formula is C31H64N2O6P+. The lowest BCUT2D eigenvalue weighted by molar-refractivity contribution is -0.870. The standard InChI is InChI=1S/C31H63N2O6P/c1-6-8-10-12-14-15-16-17-19-21-23-25-31(35)32-29(30(34)24-22-20-18-13-11-9-7-2)28-39-40(36,37)38-27-26-33(3,4)5/h22,24,29-30,34H,6-21,23,25-28H2,1-5H3,(H-,32,35,36,37)/p+1/b24-22-/t29-,30+/m0/s1. The summed E-state index contributed by atoms with van der Waals surface area (Å²) in [6.07, 6.45) is 22.9. The SMILES string of the molecule is CCCCCCC/C=C\[C@@H](O)[C@H](COP(=O)(O)OCC[N+](C)(C)C)NC(=O)CCCCCCCCCCCCC. The zero-order chi connectivity index (χ0) is 30.1. The average Bonchev–Trinajstić information content (AvgIpc) is 2.88. The van der Waals surface area contributed by atoms with E-state index in [0.717, 1.165) is 38.5 Å². The lowest BCUT2D eigenvalue weighted by atomic mass is 10.0. The first-order valence-corrected chi connectivity index (χ1v) is 17.6. The van der Waals surface area contributed by atoms with Gasteiger partial charge >= 0.3 is 7.82 Å². The third-order valence-corrected chi connectivity index (χ3v) is 7.99. The molecule has 0 bridgehead atoms. The highest BCUT2D eigenvalue weighted by Crippen LogP contribution is 2.43. The topological polar surface area (TPSA) is 105 Å². The predicted octanol–water partition coefficient (Wildman–Crippen LogP) is 7.29. The Bertz CT molecular complexity index is 683. The van der Waals surface area contributed by atoms with Crippen molar-refractivity contribution in [3.05, 3.63) is 12.2 Å².